The monoisotopic (exact) mass is 670 g/mol. The van der Waals surface area contributed by atoms with Gasteiger partial charge in [0.1, 0.15) is 25.4 Å². The maximum absolute atomic E-state index is 13.4. The Balaban J connectivity index is 1.72. The number of aromatic amines is 1. The topological polar surface area (TPSA) is 149 Å². The molecule has 1 fully saturated rings. The van der Waals surface area contributed by atoms with E-state index < -0.39 is 44.7 Å². The Morgan fingerprint density at radius 2 is 1.91 bits per heavy atom. The number of hydrogen-bond acceptors (Lipinski definition) is 10. The summed E-state index contributed by atoms with van der Waals surface area (Å²) in [5.41, 5.74) is 0.882. The molecule has 0 saturated carbocycles. The number of aromatic nitrogens is 4. The maximum atomic E-state index is 13.4. The molecular weight excluding hydrogens is 623 g/mol. The molecular formula is C32H47N8O6P. The number of carbonyl (C=O) groups excluding carboxylic acids is 1. The third-order valence-corrected chi connectivity index (χ3v) is 9.62. The van der Waals surface area contributed by atoms with Gasteiger partial charge in [0.05, 0.1) is 12.4 Å². The van der Waals surface area contributed by atoms with Gasteiger partial charge in [-0.15, -0.1) is 0 Å². The molecule has 256 valence electrons. The lowest BCUT2D eigenvalue weighted by Crippen LogP contribution is -2.48. The van der Waals surface area contributed by atoms with Gasteiger partial charge in [0.15, 0.2) is 17.4 Å². The summed E-state index contributed by atoms with van der Waals surface area (Å²) in [7, 11) is -1.67. The van der Waals surface area contributed by atoms with Crippen molar-refractivity contribution in [3.05, 3.63) is 64.0 Å². The molecule has 3 heterocycles. The summed E-state index contributed by atoms with van der Waals surface area (Å²) in [4.78, 5) is 41.6. The number of hydrogen-bond donors (Lipinski definition) is 3. The number of imidazole rings is 1. The Labute approximate surface area is 277 Å². The first-order valence-electron chi connectivity index (χ1n) is 16.1. The minimum absolute atomic E-state index is 0.0692. The first kappa shape index (κ1) is 36.2. The van der Waals surface area contributed by atoms with Gasteiger partial charge >= 0.3 is 6.09 Å². The summed E-state index contributed by atoms with van der Waals surface area (Å²) in [5.74, 6) is 0.629. The number of rotatable bonds is 16. The van der Waals surface area contributed by atoms with Crippen LogP contribution in [0, 0.1) is 12.5 Å². The second-order valence-corrected chi connectivity index (χ2v) is 13.7. The number of benzene rings is 1. The van der Waals surface area contributed by atoms with E-state index >= 15 is 0 Å². The normalized spacial score (nSPS) is 20.3. The summed E-state index contributed by atoms with van der Waals surface area (Å²) in [6.45, 7) is 22.6. The van der Waals surface area contributed by atoms with Crippen molar-refractivity contribution in [3.8, 4) is 0 Å². The van der Waals surface area contributed by atoms with Crippen LogP contribution in [0.15, 0.2) is 41.5 Å². The number of ether oxygens (including phenoxy) is 2. The van der Waals surface area contributed by atoms with Crippen molar-refractivity contribution in [3.63, 3.8) is 0 Å². The van der Waals surface area contributed by atoms with Crippen LogP contribution in [0.1, 0.15) is 66.7 Å². The summed E-state index contributed by atoms with van der Waals surface area (Å²) in [6, 6.07) is 8.75. The number of nitrogens with zero attached hydrogens (tertiary/aromatic N) is 5. The van der Waals surface area contributed by atoms with Gasteiger partial charge in [-0.25, -0.2) is 21.0 Å². The average Bonchev–Trinajstić information content (AvgIpc) is 3.60. The second kappa shape index (κ2) is 17.0. The zero-order chi connectivity index (χ0) is 34.1. The molecule has 14 nitrogen and oxygen atoms in total. The van der Waals surface area contributed by atoms with Crippen molar-refractivity contribution in [2.75, 3.05) is 25.0 Å². The molecule has 1 aliphatic rings. The molecule has 4 rings (SSSR count). The van der Waals surface area contributed by atoms with Crippen molar-refractivity contribution in [1.82, 2.24) is 29.5 Å². The maximum Gasteiger partial charge on any atom is 0.407 e. The zero-order valence-electron chi connectivity index (χ0n) is 28.2. The minimum Gasteiger partial charge on any atom is -0.445 e. The molecule has 2 aromatic heterocycles. The van der Waals surface area contributed by atoms with Crippen LogP contribution in [0.2, 0.25) is 0 Å². The van der Waals surface area contributed by atoms with E-state index in [1.807, 2.05) is 37.3 Å². The fourth-order valence-corrected chi connectivity index (χ4v) is 7.15. The summed E-state index contributed by atoms with van der Waals surface area (Å²) in [6.07, 6.45) is -0.631. The van der Waals surface area contributed by atoms with E-state index in [2.05, 4.69) is 76.6 Å². The van der Waals surface area contributed by atoms with Gasteiger partial charge in [-0.1, -0.05) is 51.1 Å². The van der Waals surface area contributed by atoms with Crippen molar-refractivity contribution in [1.29, 1.82) is 0 Å². The standard InChI is InChI=1S/C32H47N8O6P/c1-9-24-27(46-47(44-16-15-33-8)40(21(4)5)22(6)7)25(36-32(42)43-18-23-13-11-10-12-14-23)30(45-24)39-19-35-26-28(39)37-31(38-29(26)41)34-17-20(2)3/h10-14,19-22,24-25,27,30H,9,15-18H2,1-7H3,(H,36,42)(H2,34,37,38,41)/t24-,25-,27?,30?,47?/m1/s1. The Kier molecular flexibility index (Phi) is 13.1. The first-order chi connectivity index (χ1) is 22.5. The average molecular weight is 671 g/mol. The van der Waals surface area contributed by atoms with Gasteiger partial charge < -0.3 is 34.0 Å². The van der Waals surface area contributed by atoms with Gasteiger partial charge in [0.2, 0.25) is 12.5 Å². The molecule has 1 aliphatic heterocycles. The van der Waals surface area contributed by atoms with E-state index in [0.717, 1.165) is 5.56 Å². The van der Waals surface area contributed by atoms with Gasteiger partial charge in [-0.2, -0.15) is 4.98 Å². The van der Waals surface area contributed by atoms with E-state index in [1.165, 1.54) is 6.33 Å². The molecule has 3 aromatic rings. The fourth-order valence-electron chi connectivity index (χ4n) is 5.38. The molecule has 47 heavy (non-hydrogen) atoms. The third kappa shape index (κ3) is 9.27. The highest BCUT2D eigenvalue weighted by Crippen LogP contribution is 2.50. The second-order valence-electron chi connectivity index (χ2n) is 12.3. The van der Waals surface area contributed by atoms with Gasteiger partial charge in [0.25, 0.3) is 14.1 Å². The highest BCUT2D eigenvalue weighted by molar-refractivity contribution is 7.44. The molecule has 0 spiro atoms. The third-order valence-electron chi connectivity index (χ3n) is 7.49. The Morgan fingerprint density at radius 3 is 2.55 bits per heavy atom. The number of nitrogens with one attached hydrogen (secondary N) is 3. The predicted molar refractivity (Wildman–Crippen MR) is 181 cm³/mol. The van der Waals surface area contributed by atoms with E-state index in [9.17, 15) is 9.59 Å². The number of fused-ring (bicyclic) bond motifs is 1. The molecule has 1 saturated heterocycles. The molecule has 0 aliphatic carbocycles. The Bertz CT molecular complexity index is 1530. The van der Waals surface area contributed by atoms with Gasteiger partial charge in [0, 0.05) is 18.6 Å². The van der Waals surface area contributed by atoms with Crippen LogP contribution in [0.25, 0.3) is 16.0 Å². The van der Waals surface area contributed by atoms with E-state index in [0.29, 0.717) is 30.5 Å². The van der Waals surface area contributed by atoms with Crippen molar-refractivity contribution in [2.45, 2.75) is 98.1 Å². The molecule has 3 N–H and O–H groups in total. The van der Waals surface area contributed by atoms with Crippen LogP contribution >= 0.6 is 8.53 Å². The molecule has 0 radical (unpaired) electrons. The van der Waals surface area contributed by atoms with E-state index in [1.54, 1.807) is 4.57 Å². The summed E-state index contributed by atoms with van der Waals surface area (Å²) < 4.78 is 29.0. The van der Waals surface area contributed by atoms with Crippen molar-refractivity contribution < 1.29 is 23.3 Å². The number of amides is 1. The van der Waals surface area contributed by atoms with E-state index in [4.69, 9.17) is 25.1 Å². The molecule has 1 aromatic carbocycles. The van der Waals surface area contributed by atoms with Gasteiger partial charge in [-0.3, -0.25) is 14.3 Å². The highest BCUT2D eigenvalue weighted by atomic mass is 31.2. The summed E-state index contributed by atoms with van der Waals surface area (Å²) >= 11 is 0. The van der Waals surface area contributed by atoms with Crippen molar-refractivity contribution in [2.24, 2.45) is 5.92 Å². The fraction of sp³-hybridized carbons (Fsp3) is 0.594. The molecule has 5 atom stereocenters. The quantitative estimate of drug-likeness (QED) is 0.102. The largest absolute Gasteiger partial charge is 0.445 e. The Hall–Kier alpha value is -3.60. The Morgan fingerprint density at radius 1 is 1.19 bits per heavy atom. The van der Waals surface area contributed by atoms with Crippen LogP contribution in [-0.2, 0) is 25.1 Å². The number of alkyl carbamates (subject to hydrolysis) is 1. The molecule has 0 bridgehead atoms. The zero-order valence-corrected chi connectivity index (χ0v) is 29.1. The number of carbonyl (C=O) groups is 1. The number of anilines is 1. The van der Waals surface area contributed by atoms with Crippen LogP contribution in [0.4, 0.5) is 10.7 Å². The first-order valence-corrected chi connectivity index (χ1v) is 17.2. The van der Waals surface area contributed by atoms with E-state index in [-0.39, 0.29) is 37.4 Å². The van der Waals surface area contributed by atoms with Crippen molar-refractivity contribution >= 4 is 31.7 Å². The highest BCUT2D eigenvalue weighted by Gasteiger charge is 2.49. The lowest BCUT2D eigenvalue weighted by atomic mass is 10.1. The SMILES string of the molecule is [C-]#[N+]CCOP(OC1[C@@H](NC(=O)OCc2ccccc2)C(n2cnc3c(=O)[nH]c(NCC(C)C)nc32)O[C@@H]1CC)N(C(C)C)C(C)C. The van der Waals surface area contributed by atoms with Crippen LogP contribution in [0.5, 0.6) is 0 Å². The molecule has 1 amide bonds. The minimum atomic E-state index is -1.67. The smallest absolute Gasteiger partial charge is 0.407 e. The van der Waals surface area contributed by atoms with Crippen LogP contribution in [0.3, 0.4) is 0 Å². The predicted octanol–water partition coefficient (Wildman–Crippen LogP) is 5.46. The summed E-state index contributed by atoms with van der Waals surface area (Å²) in [5, 5.41) is 6.17. The van der Waals surface area contributed by atoms with Gasteiger partial charge in [-0.05, 0) is 45.6 Å². The number of H-pyrrole nitrogens is 1. The van der Waals surface area contributed by atoms with Crippen LogP contribution in [-0.4, -0.2) is 80.3 Å². The lowest BCUT2D eigenvalue weighted by Gasteiger charge is -2.38. The molecule has 15 heteroatoms. The lowest BCUT2D eigenvalue weighted by molar-refractivity contribution is -0.0186. The van der Waals surface area contributed by atoms with Crippen LogP contribution < -0.4 is 16.2 Å². The molecule has 3 unspecified atom stereocenters.